The second-order valence-corrected chi connectivity index (χ2v) is 30.4. The van der Waals surface area contributed by atoms with Gasteiger partial charge >= 0.3 is 0 Å². The van der Waals surface area contributed by atoms with E-state index in [-0.39, 0.29) is 20.5 Å². The fourth-order valence-corrected chi connectivity index (χ4v) is 15.2. The summed E-state index contributed by atoms with van der Waals surface area (Å²) in [5.41, 5.74) is -1.44. The highest BCUT2D eigenvalue weighted by molar-refractivity contribution is 6.84. The van der Waals surface area contributed by atoms with Gasteiger partial charge in [-0.1, -0.05) is 40.8 Å². The molecule has 0 bridgehead atoms. The summed E-state index contributed by atoms with van der Waals surface area (Å²) in [6.07, 6.45) is 1.45. The molecule has 4 nitrogen and oxygen atoms in total. The molecule has 33 heavy (non-hydrogen) atoms. The second-order valence-electron chi connectivity index (χ2n) is 15.6. The molecule has 0 aromatic heterocycles. The molecule has 7 heteroatoms. The molecule has 0 aliphatic carbocycles. The molecule has 200 valence electrons. The summed E-state index contributed by atoms with van der Waals surface area (Å²) in [6.45, 7) is 39.5. The van der Waals surface area contributed by atoms with Crippen LogP contribution in [-0.2, 0) is 8.85 Å². The highest BCUT2D eigenvalue weighted by atomic mass is 28.4. The highest BCUT2D eigenvalue weighted by Gasteiger charge is 2.57. The molecule has 0 amide bonds. The highest BCUT2D eigenvalue weighted by Crippen LogP contribution is 2.52. The lowest BCUT2D eigenvalue weighted by atomic mass is 9.95. The standard InChI is InChI=1S/C26H60O4Si3/c1-21(2,27)19-23(5,6)31(13,14)25(9,10)29-33(17,18)26(11,12)30-32(15,16)24(7,8)20-22(3,4)28/h27-28H,19-20H2,1-18H3. The van der Waals surface area contributed by atoms with Crippen LogP contribution in [0.1, 0.15) is 95.9 Å². The molecular formula is C26H60O4Si3. The van der Waals surface area contributed by atoms with E-state index in [4.69, 9.17) is 8.85 Å². The first-order valence-electron chi connectivity index (χ1n) is 12.7. The Labute approximate surface area is 210 Å². The molecule has 0 aromatic carbocycles. The molecule has 0 atom stereocenters. The van der Waals surface area contributed by atoms with E-state index in [1.54, 1.807) is 0 Å². The SMILES string of the molecule is CC(C)(O)CC(C)(C)[Si](C)(C)OC(C)(C)[Si](C)(C)OC(C)(C)[Si](C)(C)C(C)(C)CC(C)(C)O. The van der Waals surface area contributed by atoms with Gasteiger partial charge in [0.15, 0.2) is 8.32 Å². The van der Waals surface area contributed by atoms with Gasteiger partial charge in [-0.05, 0) is 104 Å². The zero-order chi connectivity index (χ0) is 27.3. The first kappa shape index (κ1) is 33.5. The molecule has 0 aromatic rings. The van der Waals surface area contributed by atoms with Gasteiger partial charge in [0.2, 0.25) is 8.32 Å². The van der Waals surface area contributed by atoms with Crippen LogP contribution < -0.4 is 0 Å². The van der Waals surface area contributed by atoms with E-state index in [9.17, 15) is 10.2 Å². The van der Waals surface area contributed by atoms with Crippen molar-refractivity contribution in [3.63, 3.8) is 0 Å². The van der Waals surface area contributed by atoms with E-state index in [0.29, 0.717) is 6.42 Å². The molecule has 0 rings (SSSR count). The predicted molar refractivity (Wildman–Crippen MR) is 153 cm³/mol. The van der Waals surface area contributed by atoms with Crippen LogP contribution in [0.15, 0.2) is 0 Å². The van der Waals surface area contributed by atoms with Crippen molar-refractivity contribution in [2.24, 2.45) is 0 Å². The monoisotopic (exact) mass is 520 g/mol. The van der Waals surface area contributed by atoms with E-state index < -0.39 is 35.9 Å². The lowest BCUT2D eigenvalue weighted by Crippen LogP contribution is -2.68. The Balaban J connectivity index is 6.00. The summed E-state index contributed by atoms with van der Waals surface area (Å²) in [7, 11) is -6.55. The van der Waals surface area contributed by atoms with Crippen molar-refractivity contribution >= 4 is 24.7 Å². The molecular weight excluding hydrogens is 461 g/mol. The third-order valence-electron chi connectivity index (χ3n) is 9.05. The van der Waals surface area contributed by atoms with E-state index in [0.717, 1.165) is 6.42 Å². The maximum atomic E-state index is 10.6. The number of hydrogen-bond donors (Lipinski definition) is 2. The Morgan fingerprint density at radius 1 is 0.485 bits per heavy atom. The zero-order valence-electron chi connectivity index (χ0n) is 25.6. The van der Waals surface area contributed by atoms with Gasteiger partial charge in [-0.15, -0.1) is 0 Å². The van der Waals surface area contributed by atoms with Crippen molar-refractivity contribution in [2.45, 2.75) is 167 Å². The van der Waals surface area contributed by atoms with Crippen LogP contribution in [0.2, 0.25) is 49.4 Å². The van der Waals surface area contributed by atoms with Gasteiger partial charge in [0.05, 0.1) is 24.5 Å². The van der Waals surface area contributed by atoms with Crippen molar-refractivity contribution < 1.29 is 19.1 Å². The van der Waals surface area contributed by atoms with Gasteiger partial charge in [-0.2, -0.15) is 0 Å². The molecule has 0 saturated heterocycles. The molecule has 0 saturated carbocycles. The molecule has 0 aliphatic rings. The van der Waals surface area contributed by atoms with Crippen LogP contribution in [0, 0.1) is 0 Å². The summed E-state index contributed by atoms with van der Waals surface area (Å²) in [6, 6.07) is 0. The van der Waals surface area contributed by atoms with E-state index >= 15 is 0 Å². The summed E-state index contributed by atoms with van der Waals surface area (Å²) in [5, 5.41) is 20.3. The van der Waals surface area contributed by atoms with Gasteiger partial charge in [-0.3, -0.25) is 0 Å². The van der Waals surface area contributed by atoms with Crippen molar-refractivity contribution in [1.29, 1.82) is 0 Å². The smallest absolute Gasteiger partial charge is 0.216 e. The van der Waals surface area contributed by atoms with Crippen molar-refractivity contribution in [1.82, 2.24) is 0 Å². The maximum Gasteiger partial charge on any atom is 0.216 e. The maximum absolute atomic E-state index is 10.6. The number of aliphatic hydroxyl groups is 2. The first-order chi connectivity index (χ1) is 13.8. The van der Waals surface area contributed by atoms with Crippen molar-refractivity contribution in [3.8, 4) is 0 Å². The zero-order valence-corrected chi connectivity index (χ0v) is 28.6. The molecule has 0 spiro atoms. The van der Waals surface area contributed by atoms with E-state index in [1.165, 1.54) is 0 Å². The first-order valence-corrected chi connectivity index (χ1v) is 21.5. The Morgan fingerprint density at radius 2 is 0.788 bits per heavy atom. The molecule has 2 N–H and O–H groups in total. The lowest BCUT2D eigenvalue weighted by Gasteiger charge is -2.57. The quantitative estimate of drug-likeness (QED) is 0.259. The summed E-state index contributed by atoms with van der Waals surface area (Å²) >= 11 is 0. The number of rotatable bonds is 12. The van der Waals surface area contributed by atoms with Crippen molar-refractivity contribution in [2.75, 3.05) is 0 Å². The Kier molecular flexibility index (Phi) is 9.56. The van der Waals surface area contributed by atoms with Gasteiger partial charge in [-0.25, -0.2) is 0 Å². The van der Waals surface area contributed by atoms with E-state index in [2.05, 4.69) is 94.7 Å². The minimum atomic E-state index is -2.34. The van der Waals surface area contributed by atoms with Crippen LogP contribution in [0.4, 0.5) is 0 Å². The largest absolute Gasteiger partial charge is 0.412 e. The molecule has 0 aliphatic heterocycles. The van der Waals surface area contributed by atoms with Crippen LogP contribution >= 0.6 is 0 Å². The summed E-state index contributed by atoms with van der Waals surface area (Å²) in [4.78, 5) is 0. The number of hydrogen-bond acceptors (Lipinski definition) is 4. The summed E-state index contributed by atoms with van der Waals surface area (Å²) in [5.74, 6) is 0. The molecule has 0 fully saturated rings. The molecule has 0 radical (unpaired) electrons. The predicted octanol–water partition coefficient (Wildman–Crippen LogP) is 7.66. The van der Waals surface area contributed by atoms with Gasteiger partial charge in [0.25, 0.3) is 0 Å². The van der Waals surface area contributed by atoms with Crippen molar-refractivity contribution in [3.05, 3.63) is 0 Å². The fourth-order valence-electron chi connectivity index (χ4n) is 5.20. The second kappa shape index (κ2) is 9.42. The van der Waals surface area contributed by atoms with E-state index in [1.807, 2.05) is 27.7 Å². The summed E-state index contributed by atoms with van der Waals surface area (Å²) < 4.78 is 14.2. The Bertz CT molecular complexity index is 664. The molecule has 0 unspecified atom stereocenters. The fraction of sp³-hybridized carbons (Fsp3) is 1.00. The third kappa shape index (κ3) is 8.25. The Hall–Kier alpha value is 0.491. The van der Waals surface area contributed by atoms with Gasteiger partial charge < -0.3 is 19.1 Å². The minimum Gasteiger partial charge on any atom is -0.412 e. The minimum absolute atomic E-state index is 0.00699. The van der Waals surface area contributed by atoms with Crippen LogP contribution in [0.5, 0.6) is 0 Å². The van der Waals surface area contributed by atoms with Crippen LogP contribution in [0.3, 0.4) is 0 Å². The van der Waals surface area contributed by atoms with Gasteiger partial charge in [0.1, 0.15) is 0 Å². The Morgan fingerprint density at radius 3 is 1.12 bits per heavy atom. The van der Waals surface area contributed by atoms with Crippen LogP contribution in [-0.4, -0.2) is 56.6 Å². The topological polar surface area (TPSA) is 58.9 Å². The average Bonchev–Trinajstić information content (AvgIpc) is 2.38. The normalized spacial score (nSPS) is 16.4. The average molecular weight is 521 g/mol. The lowest BCUT2D eigenvalue weighted by molar-refractivity contribution is 0.0483. The van der Waals surface area contributed by atoms with Gasteiger partial charge in [0, 0.05) is 5.22 Å². The van der Waals surface area contributed by atoms with Crippen LogP contribution in [0.25, 0.3) is 0 Å². The molecule has 0 heterocycles. The third-order valence-corrected chi connectivity index (χ3v) is 24.6.